The second kappa shape index (κ2) is 5.62. The van der Waals surface area contributed by atoms with E-state index in [4.69, 9.17) is 0 Å². The third-order valence-electron chi connectivity index (χ3n) is 2.65. The number of H-pyrrole nitrogens is 1. The predicted molar refractivity (Wildman–Crippen MR) is 60.7 cm³/mol. The molecule has 7 heteroatoms. The summed E-state index contributed by atoms with van der Waals surface area (Å²) in [5.41, 5.74) is -2.01. The van der Waals surface area contributed by atoms with Gasteiger partial charge in [-0.3, -0.25) is 14.3 Å². The summed E-state index contributed by atoms with van der Waals surface area (Å²) in [6.07, 6.45) is 0. The summed E-state index contributed by atoms with van der Waals surface area (Å²) in [5, 5.41) is 9.37. The lowest BCUT2D eigenvalue weighted by Gasteiger charge is -2.18. The van der Waals surface area contributed by atoms with Crippen LogP contribution in [0.15, 0.2) is 9.59 Å². The van der Waals surface area contributed by atoms with Crippen LogP contribution in [0, 0.1) is 5.82 Å². The highest BCUT2D eigenvalue weighted by atomic mass is 19.1. The lowest BCUT2D eigenvalue weighted by atomic mass is 10.4. The van der Waals surface area contributed by atoms with Crippen molar-refractivity contribution >= 4 is 0 Å². The fourth-order valence-corrected chi connectivity index (χ4v) is 1.52. The molecule has 0 saturated carbocycles. The van der Waals surface area contributed by atoms with E-state index in [1.165, 1.54) is 0 Å². The molecule has 0 aliphatic carbocycles. The first-order valence-corrected chi connectivity index (χ1v) is 5.45. The molecule has 96 valence electrons. The lowest BCUT2D eigenvalue weighted by Crippen LogP contribution is -2.35. The number of hydrogen-bond donors (Lipinski definition) is 2. The Balaban J connectivity index is 2.96. The van der Waals surface area contributed by atoms with Crippen LogP contribution in [0.2, 0.25) is 0 Å². The Bertz CT molecular complexity index is 491. The summed E-state index contributed by atoms with van der Waals surface area (Å²) in [4.78, 5) is 26.0. The highest BCUT2D eigenvalue weighted by Gasteiger charge is 2.13. The molecule has 0 radical (unpaired) electrons. The first-order valence-electron chi connectivity index (χ1n) is 5.45. The van der Waals surface area contributed by atoms with Crippen molar-refractivity contribution in [1.82, 2.24) is 14.5 Å². The molecule has 1 rings (SSSR count). The first kappa shape index (κ1) is 13.4. The molecule has 1 aromatic heterocycles. The Hall–Kier alpha value is -1.63. The third kappa shape index (κ3) is 2.94. The maximum atomic E-state index is 13.1. The highest BCUT2D eigenvalue weighted by molar-refractivity contribution is 5.09. The van der Waals surface area contributed by atoms with Crippen LogP contribution >= 0.6 is 0 Å². The third-order valence-corrected chi connectivity index (χ3v) is 2.65. The van der Waals surface area contributed by atoms with E-state index < -0.39 is 22.9 Å². The zero-order valence-electron chi connectivity index (χ0n) is 9.86. The lowest BCUT2D eigenvalue weighted by molar-refractivity contribution is 0.273. The van der Waals surface area contributed by atoms with Gasteiger partial charge in [0.1, 0.15) is 0 Å². The summed E-state index contributed by atoms with van der Waals surface area (Å²) in [7, 11) is 0. The second-order valence-electron chi connectivity index (χ2n) is 3.58. The molecule has 0 aliphatic heterocycles. The minimum Gasteiger partial charge on any atom is -0.492 e. The zero-order chi connectivity index (χ0) is 13.0. The van der Waals surface area contributed by atoms with Gasteiger partial charge in [0.2, 0.25) is 11.7 Å². The van der Waals surface area contributed by atoms with Crippen molar-refractivity contribution in [1.29, 1.82) is 0 Å². The molecule has 0 aliphatic rings. The minimum atomic E-state index is -1.33. The number of hydrogen-bond acceptors (Lipinski definition) is 4. The Kier molecular flexibility index (Phi) is 4.45. The van der Waals surface area contributed by atoms with Crippen LogP contribution in [0.4, 0.5) is 4.39 Å². The van der Waals surface area contributed by atoms with Gasteiger partial charge in [0, 0.05) is 13.1 Å². The molecule has 1 aromatic rings. The monoisotopic (exact) mass is 245 g/mol. The second-order valence-corrected chi connectivity index (χ2v) is 3.58. The first-order chi connectivity index (χ1) is 8.01. The van der Waals surface area contributed by atoms with Crippen LogP contribution in [0.5, 0.6) is 5.88 Å². The summed E-state index contributed by atoms with van der Waals surface area (Å²) in [5.74, 6) is -2.24. The van der Waals surface area contributed by atoms with Crippen LogP contribution in [-0.4, -0.2) is 39.2 Å². The Morgan fingerprint density at radius 3 is 2.47 bits per heavy atom. The number of nitrogens with zero attached hydrogens (tertiary/aromatic N) is 2. The number of nitrogens with one attached hydrogen (secondary N) is 1. The zero-order valence-corrected chi connectivity index (χ0v) is 9.86. The SMILES string of the molecule is CCN(CC)CCn1c(O)c(F)c(=O)[nH]c1=O. The van der Waals surface area contributed by atoms with Gasteiger partial charge in [-0.25, -0.2) is 4.79 Å². The van der Waals surface area contributed by atoms with Gasteiger partial charge in [-0.1, -0.05) is 13.8 Å². The fraction of sp³-hybridized carbons (Fsp3) is 0.600. The van der Waals surface area contributed by atoms with Crippen molar-refractivity contribution in [3.8, 4) is 5.88 Å². The van der Waals surface area contributed by atoms with Crippen molar-refractivity contribution in [3.63, 3.8) is 0 Å². The van der Waals surface area contributed by atoms with E-state index in [1.807, 2.05) is 18.7 Å². The van der Waals surface area contributed by atoms with Gasteiger partial charge in [-0.15, -0.1) is 0 Å². The smallest absolute Gasteiger partial charge is 0.331 e. The summed E-state index contributed by atoms with van der Waals surface area (Å²) in [6.45, 7) is 6.11. The molecular weight excluding hydrogens is 229 g/mol. The van der Waals surface area contributed by atoms with Crippen LogP contribution in [-0.2, 0) is 6.54 Å². The Labute approximate surface area is 97.3 Å². The van der Waals surface area contributed by atoms with E-state index >= 15 is 0 Å². The molecule has 0 atom stereocenters. The van der Waals surface area contributed by atoms with Gasteiger partial charge in [0.15, 0.2) is 0 Å². The van der Waals surface area contributed by atoms with Gasteiger partial charge in [0.05, 0.1) is 0 Å². The molecule has 0 aromatic carbocycles. The predicted octanol–water partition coefficient (Wildman–Crippen LogP) is -0.277. The largest absolute Gasteiger partial charge is 0.492 e. The van der Waals surface area contributed by atoms with Crippen LogP contribution in [0.3, 0.4) is 0 Å². The normalized spacial score (nSPS) is 11.1. The van der Waals surface area contributed by atoms with Gasteiger partial charge >= 0.3 is 5.69 Å². The number of likely N-dealkylation sites (N-methyl/N-ethyl adjacent to an activating group) is 1. The molecule has 2 N–H and O–H groups in total. The molecular formula is C10H16FN3O3. The van der Waals surface area contributed by atoms with E-state index in [9.17, 15) is 19.1 Å². The number of aromatic nitrogens is 2. The van der Waals surface area contributed by atoms with Crippen molar-refractivity contribution in [2.45, 2.75) is 20.4 Å². The molecule has 0 fully saturated rings. The van der Waals surface area contributed by atoms with Crippen molar-refractivity contribution in [2.24, 2.45) is 0 Å². The maximum Gasteiger partial charge on any atom is 0.331 e. The van der Waals surface area contributed by atoms with Gasteiger partial charge in [0.25, 0.3) is 5.56 Å². The van der Waals surface area contributed by atoms with Crippen LogP contribution < -0.4 is 11.2 Å². The van der Waals surface area contributed by atoms with Crippen LogP contribution in [0.25, 0.3) is 0 Å². The molecule has 17 heavy (non-hydrogen) atoms. The van der Waals surface area contributed by atoms with E-state index in [1.54, 1.807) is 4.98 Å². The quantitative estimate of drug-likeness (QED) is 0.748. The van der Waals surface area contributed by atoms with E-state index in [2.05, 4.69) is 0 Å². The standard InChI is InChI=1S/C10H16FN3O3/c1-3-13(4-2)5-6-14-9(16)7(11)8(15)12-10(14)17/h16H,3-6H2,1-2H3,(H,12,15,17). The van der Waals surface area contributed by atoms with Gasteiger partial charge < -0.3 is 10.0 Å². The average Bonchev–Trinajstić information content (AvgIpc) is 2.31. The maximum absolute atomic E-state index is 13.1. The van der Waals surface area contributed by atoms with E-state index in [0.29, 0.717) is 6.54 Å². The van der Waals surface area contributed by atoms with E-state index in [-0.39, 0.29) is 6.54 Å². The summed E-state index contributed by atoms with van der Waals surface area (Å²) < 4.78 is 13.9. The van der Waals surface area contributed by atoms with Crippen molar-refractivity contribution < 1.29 is 9.50 Å². The summed E-state index contributed by atoms with van der Waals surface area (Å²) in [6, 6.07) is 0. The van der Waals surface area contributed by atoms with Crippen molar-refractivity contribution in [3.05, 3.63) is 26.7 Å². The number of aromatic amines is 1. The minimum absolute atomic E-state index is 0.125. The molecule has 1 heterocycles. The van der Waals surface area contributed by atoms with E-state index in [0.717, 1.165) is 17.7 Å². The number of aromatic hydroxyl groups is 1. The topological polar surface area (TPSA) is 78.3 Å². The highest BCUT2D eigenvalue weighted by Crippen LogP contribution is 2.07. The molecule has 6 nitrogen and oxygen atoms in total. The molecule has 0 saturated heterocycles. The number of halogens is 1. The number of rotatable bonds is 5. The molecule has 0 spiro atoms. The summed E-state index contributed by atoms with van der Waals surface area (Å²) >= 11 is 0. The molecule has 0 unspecified atom stereocenters. The Morgan fingerprint density at radius 2 is 1.94 bits per heavy atom. The average molecular weight is 245 g/mol. The molecule has 0 bridgehead atoms. The van der Waals surface area contributed by atoms with Crippen molar-refractivity contribution in [2.75, 3.05) is 19.6 Å². The Morgan fingerprint density at radius 1 is 1.35 bits per heavy atom. The van der Waals surface area contributed by atoms with Gasteiger partial charge in [-0.05, 0) is 13.1 Å². The fourth-order valence-electron chi connectivity index (χ4n) is 1.52. The van der Waals surface area contributed by atoms with Crippen LogP contribution in [0.1, 0.15) is 13.8 Å². The molecule has 0 amide bonds. The van der Waals surface area contributed by atoms with Gasteiger partial charge in [-0.2, -0.15) is 4.39 Å².